The number of aliphatic hydroxyl groups is 3. The van der Waals surface area contributed by atoms with Crippen molar-refractivity contribution in [2.75, 3.05) is 40.2 Å². The van der Waals surface area contributed by atoms with Crippen LogP contribution < -0.4 is 10.6 Å². The minimum absolute atomic E-state index is 0.0409. The molecule has 6 N–H and O–H groups in total. The normalized spacial score (nSPS) is 27.7. The number of nitrogens with zero attached hydrogens (tertiary/aromatic N) is 2. The van der Waals surface area contributed by atoms with E-state index in [9.17, 15) is 34.8 Å². The Morgan fingerprint density at radius 2 is 1.83 bits per heavy atom. The van der Waals surface area contributed by atoms with Gasteiger partial charge in [-0.1, -0.05) is 0 Å². The molecule has 0 heterocycles. The van der Waals surface area contributed by atoms with E-state index in [1.807, 2.05) is 4.90 Å². The van der Waals surface area contributed by atoms with Gasteiger partial charge in [-0.05, 0) is 44.5 Å². The molecule has 11 nitrogen and oxygen atoms in total. The van der Waals surface area contributed by atoms with Gasteiger partial charge in [-0.2, -0.15) is 0 Å². The summed E-state index contributed by atoms with van der Waals surface area (Å²) < 4.78 is 5.17. The van der Waals surface area contributed by atoms with Gasteiger partial charge in [0.05, 0.1) is 18.2 Å². The number of benzene rings is 1. The van der Waals surface area contributed by atoms with E-state index in [1.54, 1.807) is 34.3 Å². The van der Waals surface area contributed by atoms with Crippen molar-refractivity contribution in [1.82, 2.24) is 4.90 Å². The Morgan fingerprint density at radius 3 is 2.36 bits per heavy atom. The van der Waals surface area contributed by atoms with Crippen LogP contribution in [0.2, 0.25) is 0 Å². The minimum atomic E-state index is -2.66. The van der Waals surface area contributed by atoms with Crippen molar-refractivity contribution in [1.29, 1.82) is 0 Å². The molecule has 11 heteroatoms. The first-order valence-electron chi connectivity index (χ1n) is 11.5. The number of carbonyl (C=O) groups excluding carboxylic acids is 3. The Hall–Kier alpha value is -3.41. The zero-order valence-corrected chi connectivity index (χ0v) is 20.8. The van der Waals surface area contributed by atoms with Crippen LogP contribution in [0.15, 0.2) is 23.0 Å². The number of aliphatic hydroxyl groups excluding tert-OH is 2. The number of anilines is 1. The molecular weight excluding hydrogens is 470 g/mol. The molecule has 1 saturated carbocycles. The molecule has 0 aromatic heterocycles. The number of amides is 1. The van der Waals surface area contributed by atoms with Crippen molar-refractivity contribution < 1.29 is 39.5 Å². The Morgan fingerprint density at radius 1 is 1.19 bits per heavy atom. The van der Waals surface area contributed by atoms with Gasteiger partial charge in [0.2, 0.25) is 5.78 Å². The molecule has 0 aliphatic heterocycles. The lowest BCUT2D eigenvalue weighted by Gasteiger charge is -2.50. The van der Waals surface area contributed by atoms with Crippen LogP contribution in [0, 0.1) is 11.8 Å². The summed E-state index contributed by atoms with van der Waals surface area (Å²) in [5.74, 6) is -6.71. The van der Waals surface area contributed by atoms with Crippen molar-refractivity contribution in [3.8, 4) is 5.75 Å². The van der Waals surface area contributed by atoms with Crippen LogP contribution >= 0.6 is 0 Å². The lowest BCUT2D eigenvalue weighted by Crippen LogP contribution is -2.65. The van der Waals surface area contributed by atoms with Gasteiger partial charge >= 0.3 is 0 Å². The summed E-state index contributed by atoms with van der Waals surface area (Å²) in [5, 5.41) is 44.9. The highest BCUT2D eigenvalue weighted by Gasteiger charge is 2.64. The summed E-state index contributed by atoms with van der Waals surface area (Å²) in [5.41, 5.74) is 3.40. The average molecular weight is 502 g/mol. The number of phenolic OH excluding ortho intramolecular Hbond substituents is 1. The summed E-state index contributed by atoms with van der Waals surface area (Å²) in [4.78, 5) is 42.3. The highest BCUT2D eigenvalue weighted by molar-refractivity contribution is 6.24. The number of primary amides is 1. The quantitative estimate of drug-likeness (QED) is 0.350. The second kappa shape index (κ2) is 8.61. The van der Waals surface area contributed by atoms with E-state index in [0.29, 0.717) is 16.8 Å². The maximum atomic E-state index is 13.9. The number of ether oxygens (including phenoxy) is 1. The molecule has 0 unspecified atom stereocenters. The summed E-state index contributed by atoms with van der Waals surface area (Å²) in [6.07, 6.45) is 0.266. The third kappa shape index (κ3) is 3.34. The van der Waals surface area contributed by atoms with Gasteiger partial charge in [-0.3, -0.25) is 19.3 Å². The number of hydrogen-bond acceptors (Lipinski definition) is 10. The first-order chi connectivity index (χ1) is 16.8. The maximum absolute atomic E-state index is 13.9. The van der Waals surface area contributed by atoms with Crippen molar-refractivity contribution in [2.45, 2.75) is 31.1 Å². The van der Waals surface area contributed by atoms with Gasteiger partial charge in [0.15, 0.2) is 11.4 Å². The highest BCUT2D eigenvalue weighted by atomic mass is 16.5. The topological polar surface area (TPSA) is 174 Å². The van der Waals surface area contributed by atoms with Crippen molar-refractivity contribution >= 4 is 28.9 Å². The molecule has 194 valence electrons. The molecule has 3 aliphatic carbocycles. The predicted octanol–water partition coefficient (Wildman–Crippen LogP) is 0.176. The molecular formula is C25H31N3O8. The molecule has 36 heavy (non-hydrogen) atoms. The third-order valence-electron chi connectivity index (χ3n) is 7.56. The first kappa shape index (κ1) is 25.7. The van der Waals surface area contributed by atoms with E-state index >= 15 is 0 Å². The number of carbonyl (C=O) groups is 3. The van der Waals surface area contributed by atoms with E-state index in [1.165, 1.54) is 12.0 Å². The minimum Gasteiger partial charge on any atom is -0.508 e. The molecule has 1 fully saturated rings. The number of hydrogen-bond donors (Lipinski definition) is 5. The fraction of sp³-hybridized carbons (Fsp3) is 0.480. The van der Waals surface area contributed by atoms with Gasteiger partial charge in [-0.25, -0.2) is 0 Å². The Bertz CT molecular complexity index is 1250. The van der Waals surface area contributed by atoms with Crippen LogP contribution in [0.1, 0.15) is 23.1 Å². The summed E-state index contributed by atoms with van der Waals surface area (Å²) in [7, 11) is 8.19. The van der Waals surface area contributed by atoms with Crippen LogP contribution in [-0.4, -0.2) is 89.7 Å². The van der Waals surface area contributed by atoms with E-state index < -0.39 is 58.0 Å². The number of likely N-dealkylation sites (N-methyl/N-ethyl adjacent to an activating group) is 1. The van der Waals surface area contributed by atoms with E-state index in [4.69, 9.17) is 10.5 Å². The Kier molecular flexibility index (Phi) is 6.14. The molecule has 4 atom stereocenters. The molecule has 0 bridgehead atoms. The molecule has 3 aliphatic rings. The molecule has 0 saturated heterocycles. The van der Waals surface area contributed by atoms with E-state index in [0.717, 1.165) is 0 Å². The standard InChI is InChI=1S/C25H31N3O8/c1-27(2)14-8-11(9-36-5)19(29)16-12(14)6-10-7-13-18(28(3)4)21(31)17(24(26)34)23(33)25(13,35)22(32)15(10)20(16)30/h8,10,13,18,29-30,33,35H,6-7,9H2,1-5H3,(H2,26,34)/t10-,13-,18+,25-/m0/s1. The molecule has 1 aromatic rings. The highest BCUT2D eigenvalue weighted by Crippen LogP contribution is 2.54. The van der Waals surface area contributed by atoms with Crippen LogP contribution in [0.4, 0.5) is 5.69 Å². The lowest BCUT2D eigenvalue weighted by atomic mass is 9.57. The number of ketones is 2. The van der Waals surface area contributed by atoms with Crippen LogP contribution in [0.25, 0.3) is 5.76 Å². The number of fused-ring (bicyclic) bond motifs is 3. The third-order valence-corrected chi connectivity index (χ3v) is 7.56. The zero-order valence-electron chi connectivity index (χ0n) is 20.8. The number of nitrogens with two attached hydrogens (primary N) is 1. The molecule has 1 amide bonds. The van der Waals surface area contributed by atoms with Crippen LogP contribution in [0.3, 0.4) is 0 Å². The number of aromatic hydroxyl groups is 1. The van der Waals surface area contributed by atoms with Gasteiger partial charge in [-0.15, -0.1) is 0 Å². The van der Waals surface area contributed by atoms with E-state index in [-0.39, 0.29) is 36.3 Å². The Balaban J connectivity index is 2.00. The van der Waals surface area contributed by atoms with Crippen molar-refractivity contribution in [3.63, 3.8) is 0 Å². The SMILES string of the molecule is COCc1cc(N(C)C)c2c(c1O)C(O)=C1C(=O)[C@]3(O)C(O)=C(C(N)=O)C(=O)[C@H](N(C)C)[C@@H]3C[C@@H]1C2. The largest absolute Gasteiger partial charge is 0.508 e. The van der Waals surface area contributed by atoms with E-state index in [2.05, 4.69) is 0 Å². The van der Waals surface area contributed by atoms with Crippen molar-refractivity contribution in [2.24, 2.45) is 17.6 Å². The maximum Gasteiger partial charge on any atom is 0.255 e. The van der Waals surface area contributed by atoms with Gasteiger partial charge in [0.25, 0.3) is 5.91 Å². The second-order valence-corrected chi connectivity index (χ2v) is 10.0. The number of rotatable bonds is 5. The fourth-order valence-corrected chi connectivity index (χ4v) is 6.01. The first-order valence-corrected chi connectivity index (χ1v) is 11.5. The molecule has 0 radical (unpaired) electrons. The molecule has 1 aromatic carbocycles. The summed E-state index contributed by atoms with van der Waals surface area (Å²) in [6, 6.07) is 0.630. The van der Waals surface area contributed by atoms with Crippen LogP contribution in [0.5, 0.6) is 5.75 Å². The number of Topliss-reactive ketones (excluding diaryl/α,β-unsaturated/α-hetero) is 2. The number of phenols is 1. The average Bonchev–Trinajstić information content (AvgIpc) is 2.77. The van der Waals surface area contributed by atoms with Gasteiger partial charge in [0, 0.05) is 43.9 Å². The number of methoxy groups -OCH3 is 1. The zero-order chi connectivity index (χ0) is 26.9. The predicted molar refractivity (Wildman–Crippen MR) is 129 cm³/mol. The monoisotopic (exact) mass is 501 g/mol. The lowest BCUT2D eigenvalue weighted by molar-refractivity contribution is -0.153. The Labute approximate surface area is 208 Å². The molecule has 0 spiro atoms. The van der Waals surface area contributed by atoms with Crippen LogP contribution in [-0.2, 0) is 32.1 Å². The summed E-state index contributed by atoms with van der Waals surface area (Å²) in [6.45, 7) is 0.0457. The van der Waals surface area contributed by atoms with Gasteiger partial charge in [0.1, 0.15) is 22.8 Å². The summed E-state index contributed by atoms with van der Waals surface area (Å²) >= 11 is 0. The van der Waals surface area contributed by atoms with Gasteiger partial charge < -0.3 is 35.8 Å². The fourth-order valence-electron chi connectivity index (χ4n) is 6.01. The smallest absolute Gasteiger partial charge is 0.255 e. The second-order valence-electron chi connectivity index (χ2n) is 10.0. The van der Waals surface area contributed by atoms with Crippen molar-refractivity contribution in [3.05, 3.63) is 39.7 Å². The molecule has 4 rings (SSSR count).